The van der Waals surface area contributed by atoms with Crippen LogP contribution in [0.25, 0.3) is 0 Å². The molecule has 0 radical (unpaired) electrons. The second-order valence-corrected chi connectivity index (χ2v) is 8.25. The average Bonchev–Trinajstić information content (AvgIpc) is 2.65. The molecule has 1 atom stereocenters. The first-order chi connectivity index (χ1) is 12.9. The number of nitrogens with zero attached hydrogens (tertiary/aromatic N) is 1. The number of carbonyl (C=O) groups excluding carboxylic acids is 1. The Kier molecular flexibility index (Phi) is 6.13. The number of hydrogen-bond donors (Lipinski definition) is 0. The van der Waals surface area contributed by atoms with Gasteiger partial charge in [-0.3, -0.25) is 4.18 Å². The smallest absolute Gasteiger partial charge is 0.410 e. The Bertz CT molecular complexity index is 882. The average molecular weight is 389 g/mol. The molecular formula is C20H23NO5S. The van der Waals surface area contributed by atoms with Gasteiger partial charge in [0, 0.05) is 12.6 Å². The molecule has 0 N–H and O–H groups in total. The molecule has 7 heteroatoms. The molecule has 6 nitrogen and oxygen atoms in total. The maximum absolute atomic E-state index is 12.7. The van der Waals surface area contributed by atoms with E-state index in [9.17, 15) is 13.2 Å². The van der Waals surface area contributed by atoms with Gasteiger partial charge in [0.1, 0.15) is 6.61 Å². The molecule has 3 rings (SSSR count). The molecule has 1 heterocycles. The number of benzene rings is 2. The van der Waals surface area contributed by atoms with Crippen molar-refractivity contribution in [3.63, 3.8) is 0 Å². The highest BCUT2D eigenvalue weighted by Gasteiger charge is 2.30. The van der Waals surface area contributed by atoms with Crippen LogP contribution in [-0.4, -0.2) is 38.3 Å². The standard InChI is InChI=1S/C20H23NO5S/c1-27(23,24)26-12-11-19-13-17-9-5-6-10-18(17)14-21(19)20(22)25-15-16-7-3-2-4-8-16/h2-10,19H,11-15H2,1H3/t19-/m1/s1. The van der Waals surface area contributed by atoms with Crippen LogP contribution in [0.1, 0.15) is 23.1 Å². The lowest BCUT2D eigenvalue weighted by Gasteiger charge is -2.36. The molecular weight excluding hydrogens is 366 g/mol. The molecule has 0 saturated heterocycles. The third kappa shape index (κ3) is 5.55. The maximum Gasteiger partial charge on any atom is 0.410 e. The first-order valence-corrected chi connectivity index (χ1v) is 10.6. The summed E-state index contributed by atoms with van der Waals surface area (Å²) in [7, 11) is -3.50. The molecule has 2 aromatic carbocycles. The Morgan fingerprint density at radius 2 is 1.74 bits per heavy atom. The first-order valence-electron chi connectivity index (χ1n) is 8.81. The van der Waals surface area contributed by atoms with E-state index in [0.717, 1.165) is 22.9 Å². The molecule has 0 spiro atoms. The van der Waals surface area contributed by atoms with Crippen LogP contribution in [0.3, 0.4) is 0 Å². The minimum absolute atomic E-state index is 0.0358. The Morgan fingerprint density at radius 3 is 2.44 bits per heavy atom. The predicted octanol–water partition coefficient (Wildman–Crippen LogP) is 3.12. The zero-order valence-electron chi connectivity index (χ0n) is 15.2. The summed E-state index contributed by atoms with van der Waals surface area (Å²) in [5.41, 5.74) is 3.16. The van der Waals surface area contributed by atoms with Crippen LogP contribution in [0.15, 0.2) is 54.6 Å². The molecule has 0 aliphatic carbocycles. The minimum Gasteiger partial charge on any atom is -0.445 e. The number of hydrogen-bond acceptors (Lipinski definition) is 5. The fourth-order valence-electron chi connectivity index (χ4n) is 3.20. The van der Waals surface area contributed by atoms with Crippen LogP contribution in [0.4, 0.5) is 4.79 Å². The number of rotatable bonds is 6. The van der Waals surface area contributed by atoms with Crippen LogP contribution in [0, 0.1) is 0 Å². The molecule has 144 valence electrons. The van der Waals surface area contributed by atoms with Gasteiger partial charge in [0.25, 0.3) is 10.1 Å². The van der Waals surface area contributed by atoms with Gasteiger partial charge in [-0.1, -0.05) is 54.6 Å². The van der Waals surface area contributed by atoms with E-state index < -0.39 is 16.2 Å². The lowest BCUT2D eigenvalue weighted by Crippen LogP contribution is -2.45. The summed E-state index contributed by atoms with van der Waals surface area (Å²) in [6, 6.07) is 17.3. The third-order valence-electron chi connectivity index (χ3n) is 4.54. The molecule has 2 aromatic rings. The Balaban J connectivity index is 1.69. The van der Waals surface area contributed by atoms with E-state index in [2.05, 4.69) is 0 Å². The van der Waals surface area contributed by atoms with Crippen LogP contribution >= 0.6 is 0 Å². The molecule has 0 fully saturated rings. The SMILES string of the molecule is CS(=O)(=O)OCC[C@@H]1Cc2ccccc2CN1C(=O)OCc1ccccc1. The topological polar surface area (TPSA) is 72.9 Å². The van der Waals surface area contributed by atoms with Crippen molar-refractivity contribution in [2.45, 2.75) is 32.0 Å². The monoisotopic (exact) mass is 389 g/mol. The lowest BCUT2D eigenvalue weighted by molar-refractivity contribution is 0.0680. The fraction of sp³-hybridized carbons (Fsp3) is 0.350. The molecule has 0 unspecified atom stereocenters. The zero-order chi connectivity index (χ0) is 19.3. The van der Waals surface area contributed by atoms with Crippen molar-refractivity contribution in [2.24, 2.45) is 0 Å². The van der Waals surface area contributed by atoms with Crippen molar-refractivity contribution in [2.75, 3.05) is 12.9 Å². The number of carbonyl (C=O) groups is 1. The van der Waals surface area contributed by atoms with E-state index in [1.165, 1.54) is 0 Å². The van der Waals surface area contributed by atoms with Crippen LogP contribution in [0.2, 0.25) is 0 Å². The Labute approximate surface area is 159 Å². The van der Waals surface area contributed by atoms with Gasteiger partial charge < -0.3 is 9.64 Å². The highest BCUT2D eigenvalue weighted by atomic mass is 32.2. The van der Waals surface area contributed by atoms with E-state index in [0.29, 0.717) is 19.4 Å². The number of amides is 1. The second kappa shape index (κ2) is 8.54. The summed E-state index contributed by atoms with van der Waals surface area (Å²) in [4.78, 5) is 14.4. The van der Waals surface area contributed by atoms with Gasteiger partial charge in [-0.25, -0.2) is 4.79 Å². The quantitative estimate of drug-likeness (QED) is 0.710. The van der Waals surface area contributed by atoms with Crippen molar-refractivity contribution in [1.82, 2.24) is 4.90 Å². The largest absolute Gasteiger partial charge is 0.445 e. The second-order valence-electron chi connectivity index (χ2n) is 6.61. The predicted molar refractivity (Wildman–Crippen MR) is 102 cm³/mol. The van der Waals surface area contributed by atoms with E-state index >= 15 is 0 Å². The van der Waals surface area contributed by atoms with Crippen LogP contribution < -0.4 is 0 Å². The molecule has 1 amide bonds. The van der Waals surface area contributed by atoms with Gasteiger partial charge in [0.2, 0.25) is 0 Å². The summed E-state index contributed by atoms with van der Waals surface area (Å²) in [5, 5.41) is 0. The highest BCUT2D eigenvalue weighted by Crippen LogP contribution is 2.26. The normalized spacial score (nSPS) is 16.6. The van der Waals surface area contributed by atoms with Crippen molar-refractivity contribution in [3.8, 4) is 0 Å². The summed E-state index contributed by atoms with van der Waals surface area (Å²) < 4.78 is 32.8. The molecule has 0 aromatic heterocycles. The number of fused-ring (bicyclic) bond motifs is 1. The minimum atomic E-state index is -3.50. The van der Waals surface area contributed by atoms with Gasteiger partial charge in [-0.05, 0) is 29.5 Å². The first kappa shape index (κ1) is 19.4. The van der Waals surface area contributed by atoms with Gasteiger partial charge in [0.15, 0.2) is 0 Å². The van der Waals surface area contributed by atoms with Crippen molar-refractivity contribution < 1.29 is 22.1 Å². The van der Waals surface area contributed by atoms with Gasteiger partial charge in [0.05, 0.1) is 12.9 Å². The van der Waals surface area contributed by atoms with E-state index in [1.807, 2.05) is 54.6 Å². The fourth-order valence-corrected chi connectivity index (χ4v) is 3.60. The molecule has 0 bridgehead atoms. The summed E-state index contributed by atoms with van der Waals surface area (Å²) in [6.07, 6.45) is 1.68. The lowest BCUT2D eigenvalue weighted by atomic mass is 9.93. The van der Waals surface area contributed by atoms with Crippen molar-refractivity contribution in [1.29, 1.82) is 0 Å². The Morgan fingerprint density at radius 1 is 1.07 bits per heavy atom. The van der Waals surface area contributed by atoms with Gasteiger partial charge in [-0.2, -0.15) is 8.42 Å². The third-order valence-corrected chi connectivity index (χ3v) is 5.14. The van der Waals surface area contributed by atoms with Crippen LogP contribution in [0.5, 0.6) is 0 Å². The summed E-state index contributed by atoms with van der Waals surface area (Å²) in [5.74, 6) is 0. The zero-order valence-corrected chi connectivity index (χ0v) is 16.0. The van der Waals surface area contributed by atoms with E-state index in [4.69, 9.17) is 8.92 Å². The molecule has 27 heavy (non-hydrogen) atoms. The molecule has 1 aliphatic heterocycles. The maximum atomic E-state index is 12.7. The van der Waals surface area contributed by atoms with E-state index in [1.54, 1.807) is 4.90 Å². The highest BCUT2D eigenvalue weighted by molar-refractivity contribution is 7.85. The van der Waals surface area contributed by atoms with Crippen molar-refractivity contribution in [3.05, 3.63) is 71.3 Å². The molecule has 1 aliphatic rings. The summed E-state index contributed by atoms with van der Waals surface area (Å²) >= 11 is 0. The van der Waals surface area contributed by atoms with Gasteiger partial charge in [-0.15, -0.1) is 0 Å². The van der Waals surface area contributed by atoms with Crippen molar-refractivity contribution >= 4 is 16.2 Å². The van der Waals surface area contributed by atoms with Crippen LogP contribution in [-0.2, 0) is 38.6 Å². The number of ether oxygens (including phenoxy) is 1. The van der Waals surface area contributed by atoms with E-state index in [-0.39, 0.29) is 19.3 Å². The molecule has 0 saturated carbocycles. The Hall–Kier alpha value is -2.38. The van der Waals surface area contributed by atoms with Gasteiger partial charge >= 0.3 is 6.09 Å². The summed E-state index contributed by atoms with van der Waals surface area (Å²) in [6.45, 7) is 0.672.